The topological polar surface area (TPSA) is 157 Å². The van der Waals surface area contributed by atoms with E-state index in [0.29, 0.717) is 27.9 Å². The van der Waals surface area contributed by atoms with Gasteiger partial charge in [-0.3, -0.25) is 20.2 Å². The Kier molecular flexibility index (Phi) is 7.90. The number of nitro benzene ring substituents is 1. The Morgan fingerprint density at radius 1 is 1.03 bits per heavy atom. The summed E-state index contributed by atoms with van der Waals surface area (Å²) in [5.41, 5.74) is 7.29. The Labute approximate surface area is 208 Å². The Balaban J connectivity index is 2.19. The highest BCUT2D eigenvalue weighted by Crippen LogP contribution is 2.44. The van der Waals surface area contributed by atoms with Gasteiger partial charge in [-0.05, 0) is 49.9 Å². The SMILES string of the molecule is CC(C)(C)OC(=O)Nc1c(O)cc(Cc2ccc([N+](=O)[O-])cc2)c(NC(=O)CN)c1-c1ccccc1. The molecule has 0 aliphatic rings. The van der Waals surface area contributed by atoms with Gasteiger partial charge in [0.15, 0.2) is 0 Å². The van der Waals surface area contributed by atoms with E-state index < -0.39 is 22.5 Å². The van der Waals surface area contributed by atoms with Gasteiger partial charge in [0, 0.05) is 17.7 Å². The monoisotopic (exact) mass is 492 g/mol. The third kappa shape index (κ3) is 6.57. The zero-order chi connectivity index (χ0) is 26.5. The number of benzene rings is 3. The minimum atomic E-state index is -0.783. The fourth-order valence-electron chi connectivity index (χ4n) is 3.58. The van der Waals surface area contributed by atoms with Crippen LogP contribution in [0.25, 0.3) is 11.1 Å². The molecule has 0 aliphatic carbocycles. The highest BCUT2D eigenvalue weighted by atomic mass is 16.6. The molecular weight excluding hydrogens is 464 g/mol. The largest absolute Gasteiger partial charge is 0.506 e. The van der Waals surface area contributed by atoms with Crippen molar-refractivity contribution in [2.75, 3.05) is 17.2 Å². The highest BCUT2D eigenvalue weighted by molar-refractivity contribution is 6.05. The van der Waals surface area contributed by atoms with Crippen LogP contribution in [0.2, 0.25) is 0 Å². The van der Waals surface area contributed by atoms with Gasteiger partial charge in [-0.2, -0.15) is 0 Å². The van der Waals surface area contributed by atoms with E-state index >= 15 is 0 Å². The first-order chi connectivity index (χ1) is 17.0. The van der Waals surface area contributed by atoms with Crippen molar-refractivity contribution in [2.24, 2.45) is 5.73 Å². The predicted molar refractivity (Wildman–Crippen MR) is 137 cm³/mol. The molecule has 3 aromatic rings. The van der Waals surface area contributed by atoms with Crippen molar-refractivity contribution < 1.29 is 24.4 Å². The first-order valence-electron chi connectivity index (χ1n) is 11.2. The number of phenols is 1. The Morgan fingerprint density at radius 2 is 1.67 bits per heavy atom. The lowest BCUT2D eigenvalue weighted by Crippen LogP contribution is -2.28. The number of non-ortho nitro benzene ring substituents is 1. The van der Waals surface area contributed by atoms with Crippen LogP contribution < -0.4 is 16.4 Å². The maximum Gasteiger partial charge on any atom is 0.412 e. The van der Waals surface area contributed by atoms with Gasteiger partial charge in [-0.15, -0.1) is 0 Å². The Bertz CT molecular complexity index is 1270. The maximum atomic E-state index is 12.6. The summed E-state index contributed by atoms with van der Waals surface area (Å²) in [7, 11) is 0. The molecule has 0 saturated heterocycles. The number of nitrogens with zero attached hydrogens (tertiary/aromatic N) is 1. The zero-order valence-corrected chi connectivity index (χ0v) is 20.2. The molecule has 0 aliphatic heterocycles. The summed E-state index contributed by atoms with van der Waals surface area (Å²) in [6, 6.07) is 16.3. The highest BCUT2D eigenvalue weighted by Gasteiger charge is 2.24. The number of carbonyl (C=O) groups excluding carboxylic acids is 2. The van der Waals surface area contributed by atoms with Gasteiger partial charge in [-0.25, -0.2) is 4.79 Å². The van der Waals surface area contributed by atoms with Gasteiger partial charge in [-0.1, -0.05) is 42.5 Å². The minimum Gasteiger partial charge on any atom is -0.506 e. The zero-order valence-electron chi connectivity index (χ0n) is 20.2. The van der Waals surface area contributed by atoms with E-state index in [1.54, 1.807) is 57.2 Å². The Hall–Kier alpha value is -4.44. The van der Waals surface area contributed by atoms with E-state index in [1.165, 1.54) is 18.2 Å². The average Bonchev–Trinajstić information content (AvgIpc) is 2.81. The van der Waals surface area contributed by atoms with E-state index in [-0.39, 0.29) is 30.1 Å². The summed E-state index contributed by atoms with van der Waals surface area (Å²) in [6.07, 6.45) is -0.563. The molecule has 0 bridgehead atoms. The fraction of sp³-hybridized carbons (Fsp3) is 0.231. The summed E-state index contributed by atoms with van der Waals surface area (Å²) in [4.78, 5) is 35.5. The standard InChI is InChI=1S/C26H28N4O6/c1-26(2,3)36-25(33)29-24-20(31)14-18(13-16-9-11-19(12-10-16)30(34)35)23(28-21(32)15-27)22(24)17-7-5-4-6-8-17/h4-12,14,31H,13,15,27H2,1-3H3,(H,28,32)(H,29,33). The molecular formula is C26H28N4O6. The normalized spacial score (nSPS) is 11.0. The number of phenolic OH excluding ortho intramolecular Hbond substituents is 1. The van der Waals surface area contributed by atoms with Gasteiger partial charge in [0.2, 0.25) is 5.91 Å². The summed E-state index contributed by atoms with van der Waals surface area (Å²) in [5.74, 6) is -0.728. The molecule has 0 fully saturated rings. The molecule has 0 saturated carbocycles. The molecule has 36 heavy (non-hydrogen) atoms. The summed E-state index contributed by atoms with van der Waals surface area (Å²) < 4.78 is 5.36. The second-order valence-corrected chi connectivity index (χ2v) is 9.03. The van der Waals surface area contributed by atoms with Crippen molar-refractivity contribution >= 4 is 29.1 Å². The molecule has 10 nitrogen and oxygen atoms in total. The van der Waals surface area contributed by atoms with Gasteiger partial charge >= 0.3 is 6.09 Å². The molecule has 0 spiro atoms. The smallest absolute Gasteiger partial charge is 0.412 e. The van der Waals surface area contributed by atoms with E-state index in [1.807, 2.05) is 6.07 Å². The predicted octanol–water partition coefficient (Wildman–Crippen LogP) is 4.80. The van der Waals surface area contributed by atoms with Gasteiger partial charge < -0.3 is 20.9 Å². The van der Waals surface area contributed by atoms with Crippen LogP contribution in [0.4, 0.5) is 21.9 Å². The first-order valence-corrected chi connectivity index (χ1v) is 11.2. The number of amides is 2. The van der Waals surface area contributed by atoms with E-state index in [0.717, 1.165) is 0 Å². The summed E-state index contributed by atoms with van der Waals surface area (Å²) in [5, 5.41) is 27.4. The second kappa shape index (κ2) is 10.9. The van der Waals surface area contributed by atoms with Crippen LogP contribution >= 0.6 is 0 Å². The van der Waals surface area contributed by atoms with Crippen LogP contribution in [0, 0.1) is 10.1 Å². The van der Waals surface area contributed by atoms with Crippen molar-refractivity contribution in [3.8, 4) is 16.9 Å². The third-order valence-electron chi connectivity index (χ3n) is 5.07. The van der Waals surface area contributed by atoms with Crippen LogP contribution in [-0.4, -0.2) is 34.2 Å². The van der Waals surface area contributed by atoms with Crippen molar-refractivity contribution in [3.05, 3.63) is 81.9 Å². The minimum absolute atomic E-state index is 0.0511. The molecule has 188 valence electrons. The quantitative estimate of drug-likeness (QED) is 0.160. The van der Waals surface area contributed by atoms with Crippen LogP contribution in [-0.2, 0) is 16.0 Å². The van der Waals surface area contributed by atoms with Crippen molar-refractivity contribution in [3.63, 3.8) is 0 Å². The molecule has 0 aromatic heterocycles. The number of aromatic hydroxyl groups is 1. The number of anilines is 2. The summed E-state index contributed by atoms with van der Waals surface area (Å²) >= 11 is 0. The maximum absolute atomic E-state index is 12.6. The number of nitrogens with two attached hydrogens (primary N) is 1. The number of rotatable bonds is 7. The lowest BCUT2D eigenvalue weighted by Gasteiger charge is -2.24. The van der Waals surface area contributed by atoms with E-state index in [4.69, 9.17) is 10.5 Å². The van der Waals surface area contributed by atoms with Crippen LogP contribution in [0.1, 0.15) is 31.9 Å². The van der Waals surface area contributed by atoms with E-state index in [9.17, 15) is 24.8 Å². The average molecular weight is 493 g/mol. The van der Waals surface area contributed by atoms with Crippen LogP contribution in [0.3, 0.4) is 0 Å². The van der Waals surface area contributed by atoms with E-state index in [2.05, 4.69) is 10.6 Å². The van der Waals surface area contributed by atoms with Crippen LogP contribution in [0.5, 0.6) is 5.75 Å². The van der Waals surface area contributed by atoms with Gasteiger partial charge in [0.05, 0.1) is 22.8 Å². The van der Waals surface area contributed by atoms with Crippen LogP contribution in [0.15, 0.2) is 60.7 Å². The van der Waals surface area contributed by atoms with Gasteiger partial charge in [0.1, 0.15) is 11.4 Å². The molecule has 3 rings (SSSR count). The molecule has 2 amide bonds. The molecule has 10 heteroatoms. The van der Waals surface area contributed by atoms with Crippen molar-refractivity contribution in [1.29, 1.82) is 0 Å². The third-order valence-corrected chi connectivity index (χ3v) is 5.07. The Morgan fingerprint density at radius 3 is 2.22 bits per heavy atom. The van der Waals surface area contributed by atoms with Crippen molar-refractivity contribution in [1.82, 2.24) is 0 Å². The lowest BCUT2D eigenvalue weighted by molar-refractivity contribution is -0.384. The van der Waals surface area contributed by atoms with Gasteiger partial charge in [0.25, 0.3) is 5.69 Å². The summed E-state index contributed by atoms with van der Waals surface area (Å²) in [6.45, 7) is 4.85. The molecule has 3 aromatic carbocycles. The molecule has 0 unspecified atom stereocenters. The lowest BCUT2D eigenvalue weighted by atomic mass is 9.93. The number of hydrogen-bond acceptors (Lipinski definition) is 7. The molecule has 5 N–H and O–H groups in total. The number of nitro groups is 1. The number of nitrogens with one attached hydrogen (secondary N) is 2. The fourth-order valence-corrected chi connectivity index (χ4v) is 3.58. The number of ether oxygens (including phenoxy) is 1. The molecule has 0 radical (unpaired) electrons. The number of hydrogen-bond donors (Lipinski definition) is 4. The first kappa shape index (κ1) is 26.2. The molecule has 0 atom stereocenters. The second-order valence-electron chi connectivity index (χ2n) is 9.03. The molecule has 0 heterocycles. The number of carbonyl (C=O) groups is 2. The van der Waals surface area contributed by atoms with Crippen molar-refractivity contribution in [2.45, 2.75) is 32.8 Å².